The minimum Gasteiger partial charge on any atom is -0.496 e. The molecule has 0 N–H and O–H groups in total. The van der Waals surface area contributed by atoms with Gasteiger partial charge in [-0.2, -0.15) is 13.2 Å². The molecule has 5 heteroatoms. The number of aryl methyl sites for hydroxylation is 1. The quantitative estimate of drug-likeness (QED) is 0.313. The van der Waals surface area contributed by atoms with Crippen molar-refractivity contribution < 1.29 is 22.7 Å². The molecule has 0 aliphatic heterocycles. The summed E-state index contributed by atoms with van der Waals surface area (Å²) in [5.41, 5.74) is 2.54. The number of alkyl halides is 3. The van der Waals surface area contributed by atoms with E-state index < -0.39 is 11.7 Å². The van der Waals surface area contributed by atoms with Crippen molar-refractivity contribution in [3.63, 3.8) is 0 Å². The summed E-state index contributed by atoms with van der Waals surface area (Å²) < 4.78 is 44.9. The van der Waals surface area contributed by atoms with Crippen LogP contribution in [0.4, 0.5) is 13.2 Å². The molecule has 0 saturated heterocycles. The molecule has 0 radical (unpaired) electrons. The van der Waals surface area contributed by atoms with E-state index in [9.17, 15) is 18.0 Å². The molecule has 6 rings (SSSR count). The van der Waals surface area contributed by atoms with Gasteiger partial charge >= 0.3 is 6.18 Å². The first-order chi connectivity index (χ1) is 16.3. The van der Waals surface area contributed by atoms with Crippen LogP contribution in [0, 0.1) is 17.8 Å². The third-order valence-electron chi connectivity index (χ3n) is 8.32. The van der Waals surface area contributed by atoms with Crippen LogP contribution in [0.3, 0.4) is 0 Å². The van der Waals surface area contributed by atoms with E-state index >= 15 is 0 Å². The van der Waals surface area contributed by atoms with E-state index in [1.807, 2.05) is 0 Å². The van der Waals surface area contributed by atoms with Crippen molar-refractivity contribution >= 4 is 11.9 Å². The van der Waals surface area contributed by atoms with Gasteiger partial charge in [-0.1, -0.05) is 30.3 Å². The topological polar surface area (TPSA) is 26.3 Å². The van der Waals surface area contributed by atoms with Crippen molar-refractivity contribution in [1.82, 2.24) is 0 Å². The second-order valence-corrected chi connectivity index (χ2v) is 10.6. The number of hydrogen-bond donors (Lipinski definition) is 0. The Balaban J connectivity index is 1.32. The number of carbonyl (C=O) groups excluding carboxylic acids is 1. The molecule has 2 aromatic rings. The van der Waals surface area contributed by atoms with Gasteiger partial charge < -0.3 is 4.74 Å². The highest BCUT2D eigenvalue weighted by Crippen LogP contribution is 2.61. The van der Waals surface area contributed by atoms with Crippen LogP contribution in [-0.4, -0.2) is 13.4 Å². The van der Waals surface area contributed by atoms with Gasteiger partial charge in [0.15, 0.2) is 0 Å². The molecule has 180 valence electrons. The average Bonchev–Trinajstić information content (AvgIpc) is 2.80. The van der Waals surface area contributed by atoms with Crippen LogP contribution < -0.4 is 4.74 Å². The Morgan fingerprint density at radius 1 is 1.03 bits per heavy atom. The number of ether oxygens (including phenoxy) is 1. The van der Waals surface area contributed by atoms with Gasteiger partial charge in [0, 0.05) is 11.1 Å². The highest BCUT2D eigenvalue weighted by atomic mass is 19.4. The van der Waals surface area contributed by atoms with Crippen molar-refractivity contribution in [3.8, 4) is 5.75 Å². The number of halogens is 3. The van der Waals surface area contributed by atoms with Gasteiger partial charge in [0.25, 0.3) is 0 Å². The number of methoxy groups -OCH3 is 1. The predicted octanol–water partition coefficient (Wildman–Crippen LogP) is 7.40. The Morgan fingerprint density at radius 3 is 2.29 bits per heavy atom. The van der Waals surface area contributed by atoms with Gasteiger partial charge in [-0.15, -0.1) is 0 Å². The van der Waals surface area contributed by atoms with E-state index in [1.165, 1.54) is 50.2 Å². The first-order valence-electron chi connectivity index (χ1n) is 12.3. The zero-order valence-corrected chi connectivity index (χ0v) is 19.5. The lowest BCUT2D eigenvalue weighted by molar-refractivity contribution is -0.137. The van der Waals surface area contributed by atoms with Crippen molar-refractivity contribution in [3.05, 3.63) is 70.8 Å². The van der Waals surface area contributed by atoms with Gasteiger partial charge in [0.1, 0.15) is 12.0 Å². The zero-order chi connectivity index (χ0) is 23.9. The number of rotatable bonds is 7. The fourth-order valence-electron chi connectivity index (χ4n) is 7.27. The predicted molar refractivity (Wildman–Crippen MR) is 127 cm³/mol. The standard InChI is InChI=1S/C29H31F3O2/c1-34-27-13-19(4-2-6-24(18-33)23-5-3-7-25(14-23)29(30,31)32)8-9-26(27)28-15-20-10-21(16-28)12-22(11-20)17-28/h3,5-9,13-14,18,20-22H,2,4,10-12,15-17H2,1H3/b24-6+. The summed E-state index contributed by atoms with van der Waals surface area (Å²) in [4.78, 5) is 11.6. The fraction of sp³-hybridized carbons (Fsp3) is 0.483. The van der Waals surface area contributed by atoms with Gasteiger partial charge in [-0.05, 0) is 104 Å². The molecule has 0 atom stereocenters. The Kier molecular flexibility index (Phi) is 6.07. The Labute approximate surface area is 199 Å². The van der Waals surface area contributed by atoms with Crippen LogP contribution in [0.25, 0.3) is 5.57 Å². The van der Waals surface area contributed by atoms with E-state index in [0.29, 0.717) is 24.7 Å². The van der Waals surface area contributed by atoms with E-state index in [0.717, 1.165) is 41.2 Å². The molecule has 0 spiro atoms. The maximum Gasteiger partial charge on any atom is 0.416 e. The van der Waals surface area contributed by atoms with Crippen LogP contribution in [0.5, 0.6) is 5.75 Å². The number of benzene rings is 2. The van der Waals surface area contributed by atoms with E-state index in [-0.39, 0.29) is 11.0 Å². The van der Waals surface area contributed by atoms with Crippen molar-refractivity contribution in [2.45, 2.75) is 63.0 Å². The number of aldehydes is 1. The summed E-state index contributed by atoms with van der Waals surface area (Å²) in [6.07, 6.45) is 7.20. The smallest absolute Gasteiger partial charge is 0.416 e. The molecule has 0 aromatic heterocycles. The normalized spacial score (nSPS) is 28.2. The van der Waals surface area contributed by atoms with Gasteiger partial charge in [0.2, 0.25) is 0 Å². The maximum absolute atomic E-state index is 13.0. The summed E-state index contributed by atoms with van der Waals surface area (Å²) in [5.74, 6) is 3.53. The Bertz CT molecular complexity index is 1060. The largest absolute Gasteiger partial charge is 0.496 e. The van der Waals surface area contributed by atoms with E-state index in [1.54, 1.807) is 19.3 Å². The Morgan fingerprint density at radius 2 is 1.71 bits per heavy atom. The molecule has 0 unspecified atom stereocenters. The molecule has 0 heterocycles. The first-order valence-corrected chi connectivity index (χ1v) is 12.3. The highest BCUT2D eigenvalue weighted by molar-refractivity contribution is 6.06. The van der Waals surface area contributed by atoms with Gasteiger partial charge in [-0.25, -0.2) is 0 Å². The Hall–Kier alpha value is -2.56. The van der Waals surface area contributed by atoms with Crippen LogP contribution in [0.1, 0.15) is 67.2 Å². The third kappa shape index (κ3) is 4.42. The van der Waals surface area contributed by atoms with Crippen LogP contribution >= 0.6 is 0 Å². The SMILES string of the molecule is COc1cc(CC/C=C(\C=O)c2cccc(C(F)(F)F)c2)ccc1C12CC3CC(CC(C3)C1)C2. The maximum atomic E-state index is 13.0. The zero-order valence-electron chi connectivity index (χ0n) is 19.5. The van der Waals surface area contributed by atoms with Crippen LogP contribution in [0.15, 0.2) is 48.5 Å². The molecule has 0 amide bonds. The summed E-state index contributed by atoms with van der Waals surface area (Å²) in [7, 11) is 1.74. The molecular weight excluding hydrogens is 437 g/mol. The van der Waals surface area contributed by atoms with E-state index in [2.05, 4.69) is 18.2 Å². The molecule has 4 aliphatic carbocycles. The average molecular weight is 469 g/mol. The summed E-state index contributed by atoms with van der Waals surface area (Å²) in [6, 6.07) is 11.5. The molecule has 2 nitrogen and oxygen atoms in total. The molecular formula is C29H31F3O2. The molecule has 4 fully saturated rings. The summed E-state index contributed by atoms with van der Waals surface area (Å²) in [5, 5.41) is 0. The third-order valence-corrected chi connectivity index (χ3v) is 8.32. The number of carbonyl (C=O) groups is 1. The molecule has 4 aliphatic rings. The lowest BCUT2D eigenvalue weighted by atomic mass is 9.48. The van der Waals surface area contributed by atoms with Crippen molar-refractivity contribution in [1.29, 1.82) is 0 Å². The molecule has 4 bridgehead atoms. The minimum absolute atomic E-state index is 0.257. The second kappa shape index (κ2) is 8.90. The highest BCUT2D eigenvalue weighted by Gasteiger charge is 2.52. The van der Waals surface area contributed by atoms with Gasteiger partial charge in [-0.3, -0.25) is 4.79 Å². The summed E-state index contributed by atoms with van der Waals surface area (Å²) >= 11 is 0. The van der Waals surface area contributed by atoms with Crippen molar-refractivity contribution in [2.75, 3.05) is 7.11 Å². The minimum atomic E-state index is -4.43. The monoisotopic (exact) mass is 468 g/mol. The summed E-state index contributed by atoms with van der Waals surface area (Å²) in [6.45, 7) is 0. The lowest BCUT2D eigenvalue weighted by Crippen LogP contribution is -2.48. The second-order valence-electron chi connectivity index (χ2n) is 10.6. The van der Waals surface area contributed by atoms with Crippen molar-refractivity contribution in [2.24, 2.45) is 17.8 Å². The van der Waals surface area contributed by atoms with Gasteiger partial charge in [0.05, 0.1) is 12.7 Å². The number of allylic oxidation sites excluding steroid dienone is 2. The number of hydrogen-bond acceptors (Lipinski definition) is 2. The first kappa shape index (κ1) is 23.2. The lowest BCUT2D eigenvalue weighted by Gasteiger charge is -2.57. The van der Waals surface area contributed by atoms with E-state index in [4.69, 9.17) is 4.74 Å². The molecule has 4 saturated carbocycles. The van der Waals surface area contributed by atoms with Crippen LogP contribution in [0.2, 0.25) is 0 Å². The molecule has 2 aromatic carbocycles. The fourth-order valence-corrected chi connectivity index (χ4v) is 7.27. The van der Waals surface area contributed by atoms with Crippen LogP contribution in [-0.2, 0) is 22.8 Å². The molecule has 34 heavy (non-hydrogen) atoms.